The molecule has 2 aromatic heterocycles. The fourth-order valence-electron chi connectivity index (χ4n) is 5.94. The first-order chi connectivity index (χ1) is 14.7. The van der Waals surface area contributed by atoms with E-state index < -0.39 is 0 Å². The minimum Gasteiger partial charge on any atom is -0.340 e. The van der Waals surface area contributed by atoms with Gasteiger partial charge in [0.2, 0.25) is 0 Å². The zero-order valence-electron chi connectivity index (χ0n) is 18.0. The number of hydrogen-bond donors (Lipinski definition) is 0. The predicted octanol–water partition coefficient (Wildman–Crippen LogP) is 7.05. The molecule has 0 N–H and O–H groups in total. The Morgan fingerprint density at radius 2 is 1.57 bits per heavy atom. The summed E-state index contributed by atoms with van der Waals surface area (Å²) in [6.45, 7) is 14.6. The Morgan fingerprint density at radius 1 is 0.900 bits per heavy atom. The molecular weight excluding hydrogens is 364 g/mol. The molecule has 0 saturated heterocycles. The highest BCUT2D eigenvalue weighted by atomic mass is 15.0. The summed E-state index contributed by atoms with van der Waals surface area (Å²) in [6, 6.07) is 20.1. The number of para-hydroxylation sites is 2. The van der Waals surface area contributed by atoms with Gasteiger partial charge in [-0.15, -0.1) is 13.2 Å². The summed E-state index contributed by atoms with van der Waals surface area (Å²) in [4.78, 5) is 0. The molecule has 1 aliphatic rings. The van der Waals surface area contributed by atoms with Crippen LogP contribution in [0.3, 0.4) is 0 Å². The number of nitrogens with zero attached hydrogens (tertiary/aromatic N) is 2. The number of fused-ring (bicyclic) bond motifs is 4. The van der Waals surface area contributed by atoms with Gasteiger partial charge in [0.15, 0.2) is 0 Å². The van der Waals surface area contributed by atoms with Crippen LogP contribution in [0.5, 0.6) is 0 Å². The maximum Gasteiger partial charge on any atom is 0.0488 e. The molecule has 2 heteroatoms. The number of benzene rings is 2. The van der Waals surface area contributed by atoms with Crippen molar-refractivity contribution in [3.05, 3.63) is 96.9 Å². The molecule has 0 fully saturated rings. The van der Waals surface area contributed by atoms with E-state index in [0.29, 0.717) is 17.8 Å². The van der Waals surface area contributed by atoms with Crippen molar-refractivity contribution < 1.29 is 0 Å². The summed E-state index contributed by atoms with van der Waals surface area (Å²) in [5, 5.41) is 2.73. The lowest BCUT2D eigenvalue weighted by Crippen LogP contribution is -2.27. The Morgan fingerprint density at radius 3 is 2.33 bits per heavy atom. The zero-order valence-corrected chi connectivity index (χ0v) is 18.0. The van der Waals surface area contributed by atoms with E-state index >= 15 is 0 Å². The summed E-state index contributed by atoms with van der Waals surface area (Å²) < 4.78 is 4.97. The van der Waals surface area contributed by atoms with Crippen LogP contribution in [0.25, 0.3) is 21.8 Å². The zero-order chi connectivity index (χ0) is 20.8. The van der Waals surface area contributed by atoms with Crippen LogP contribution in [0.4, 0.5) is 0 Å². The third-order valence-corrected chi connectivity index (χ3v) is 7.05. The van der Waals surface area contributed by atoms with Crippen LogP contribution in [0.1, 0.15) is 42.6 Å². The Hall–Kier alpha value is -3.00. The second-order valence-electron chi connectivity index (χ2n) is 8.80. The standard InChI is InChI=1S/C28H30N2/c1-5-15-29-23-13-9-7-11-21(23)18-26(29)27-19(3)17-25-28(20(27)4)22-12-8-10-14-24(22)30(25)16-6-2/h5-14,18-20,27H,1-2,15-17H2,3-4H3. The maximum absolute atomic E-state index is 4.03. The average Bonchev–Trinajstić information content (AvgIpc) is 3.25. The Bertz CT molecular complexity index is 1250. The third-order valence-electron chi connectivity index (χ3n) is 7.05. The highest BCUT2D eigenvalue weighted by molar-refractivity contribution is 5.87. The van der Waals surface area contributed by atoms with Gasteiger partial charge in [-0.25, -0.2) is 0 Å². The third kappa shape index (κ3) is 2.70. The molecule has 2 aromatic carbocycles. The number of hydrogen-bond acceptors (Lipinski definition) is 0. The normalized spacial score (nSPS) is 21.1. The minimum absolute atomic E-state index is 0.451. The summed E-state index contributed by atoms with van der Waals surface area (Å²) >= 11 is 0. The van der Waals surface area contributed by atoms with Gasteiger partial charge in [-0.1, -0.05) is 62.4 Å². The molecule has 152 valence electrons. The molecule has 30 heavy (non-hydrogen) atoms. The van der Waals surface area contributed by atoms with Crippen LogP contribution in [0.15, 0.2) is 79.9 Å². The molecule has 3 unspecified atom stereocenters. The van der Waals surface area contributed by atoms with E-state index in [1.165, 1.54) is 38.8 Å². The highest BCUT2D eigenvalue weighted by Gasteiger charge is 2.38. The molecule has 4 aromatic rings. The van der Waals surface area contributed by atoms with Gasteiger partial charge >= 0.3 is 0 Å². The fourth-order valence-corrected chi connectivity index (χ4v) is 5.94. The van der Waals surface area contributed by atoms with E-state index in [-0.39, 0.29) is 0 Å². The molecule has 0 aliphatic heterocycles. The van der Waals surface area contributed by atoms with Crippen molar-refractivity contribution in [1.82, 2.24) is 9.13 Å². The summed E-state index contributed by atoms with van der Waals surface area (Å²) in [6.07, 6.45) is 5.15. The van der Waals surface area contributed by atoms with Crippen molar-refractivity contribution in [2.45, 2.75) is 45.2 Å². The van der Waals surface area contributed by atoms with Gasteiger partial charge < -0.3 is 9.13 Å². The van der Waals surface area contributed by atoms with Crippen molar-refractivity contribution >= 4 is 21.8 Å². The second kappa shape index (κ2) is 7.36. The molecule has 5 rings (SSSR count). The van der Waals surface area contributed by atoms with Gasteiger partial charge in [-0.2, -0.15) is 0 Å². The second-order valence-corrected chi connectivity index (χ2v) is 8.80. The monoisotopic (exact) mass is 394 g/mol. The van der Waals surface area contributed by atoms with Crippen LogP contribution in [-0.2, 0) is 19.5 Å². The first-order valence-corrected chi connectivity index (χ1v) is 11.1. The lowest BCUT2D eigenvalue weighted by molar-refractivity contribution is 0.357. The van der Waals surface area contributed by atoms with Crippen LogP contribution in [0.2, 0.25) is 0 Å². The van der Waals surface area contributed by atoms with Gasteiger partial charge in [0.05, 0.1) is 0 Å². The van der Waals surface area contributed by atoms with E-state index in [0.717, 1.165) is 19.5 Å². The fraction of sp³-hybridized carbons (Fsp3) is 0.286. The van der Waals surface area contributed by atoms with E-state index in [4.69, 9.17) is 0 Å². The molecule has 0 radical (unpaired) electrons. The molecule has 0 amide bonds. The van der Waals surface area contributed by atoms with Crippen LogP contribution in [0, 0.1) is 5.92 Å². The van der Waals surface area contributed by atoms with Gasteiger partial charge in [-0.3, -0.25) is 0 Å². The largest absolute Gasteiger partial charge is 0.340 e. The summed E-state index contributed by atoms with van der Waals surface area (Å²) in [5.74, 6) is 1.49. The predicted molar refractivity (Wildman–Crippen MR) is 128 cm³/mol. The smallest absolute Gasteiger partial charge is 0.0488 e. The van der Waals surface area contributed by atoms with Crippen molar-refractivity contribution in [1.29, 1.82) is 0 Å². The number of aromatic nitrogens is 2. The van der Waals surface area contributed by atoms with Gasteiger partial charge in [0.1, 0.15) is 0 Å². The van der Waals surface area contributed by atoms with Gasteiger partial charge in [0, 0.05) is 46.8 Å². The van der Waals surface area contributed by atoms with Gasteiger partial charge in [0.25, 0.3) is 0 Å². The van der Waals surface area contributed by atoms with E-state index in [1.54, 1.807) is 0 Å². The van der Waals surface area contributed by atoms with Crippen LogP contribution in [-0.4, -0.2) is 9.13 Å². The molecule has 2 heterocycles. The van der Waals surface area contributed by atoms with E-state index in [9.17, 15) is 0 Å². The van der Waals surface area contributed by atoms with Crippen molar-refractivity contribution in [3.8, 4) is 0 Å². The van der Waals surface area contributed by atoms with Crippen molar-refractivity contribution in [2.75, 3.05) is 0 Å². The first-order valence-electron chi connectivity index (χ1n) is 11.1. The van der Waals surface area contributed by atoms with E-state index in [1.807, 2.05) is 12.2 Å². The van der Waals surface area contributed by atoms with Crippen LogP contribution < -0.4 is 0 Å². The Balaban J connectivity index is 1.72. The molecule has 0 bridgehead atoms. The minimum atomic E-state index is 0.451. The molecule has 2 nitrogen and oxygen atoms in total. The maximum atomic E-state index is 4.03. The first kappa shape index (κ1) is 19.0. The highest BCUT2D eigenvalue weighted by Crippen LogP contribution is 2.49. The van der Waals surface area contributed by atoms with E-state index in [2.05, 4.69) is 90.7 Å². The van der Waals surface area contributed by atoms with Crippen molar-refractivity contribution in [3.63, 3.8) is 0 Å². The lowest BCUT2D eigenvalue weighted by atomic mass is 9.70. The number of allylic oxidation sites excluding steroid dienone is 2. The molecule has 1 aliphatic carbocycles. The lowest BCUT2D eigenvalue weighted by Gasteiger charge is -2.36. The quantitative estimate of drug-likeness (QED) is 0.321. The Labute approximate surface area is 179 Å². The molecule has 0 spiro atoms. The van der Waals surface area contributed by atoms with Crippen LogP contribution >= 0.6 is 0 Å². The number of rotatable bonds is 5. The summed E-state index contributed by atoms with van der Waals surface area (Å²) in [5.41, 5.74) is 7.13. The molecule has 0 saturated carbocycles. The Kier molecular flexibility index (Phi) is 4.66. The SMILES string of the molecule is C=CCn1c(C2C(C)Cc3c(c4ccccc4n3CC=C)C2C)cc2ccccc21. The average molecular weight is 395 g/mol. The molecular formula is C28H30N2. The topological polar surface area (TPSA) is 9.86 Å². The van der Waals surface area contributed by atoms with Crippen molar-refractivity contribution in [2.24, 2.45) is 5.92 Å². The summed E-state index contributed by atoms with van der Waals surface area (Å²) in [7, 11) is 0. The van der Waals surface area contributed by atoms with Gasteiger partial charge in [-0.05, 0) is 47.4 Å². The molecule has 3 atom stereocenters.